The molecule has 0 atom stereocenters. The molecule has 0 N–H and O–H groups in total. The number of aromatic nitrogens is 1. The minimum atomic E-state index is 0.782. The van der Waals surface area contributed by atoms with Crippen LogP contribution in [0.4, 0.5) is 0 Å². The summed E-state index contributed by atoms with van der Waals surface area (Å²) in [5.74, 6) is 0.782. The van der Waals surface area contributed by atoms with Crippen molar-refractivity contribution in [3.63, 3.8) is 0 Å². The molecule has 1 rings (SSSR count). The molecule has 0 spiro atoms. The molecule has 86 valence electrons. The first-order chi connectivity index (χ1) is 7.29. The van der Waals surface area contributed by atoms with Gasteiger partial charge in [0.05, 0.1) is 0 Å². The van der Waals surface area contributed by atoms with Crippen molar-refractivity contribution in [3.8, 4) is 0 Å². The van der Waals surface area contributed by atoms with Gasteiger partial charge in [0.1, 0.15) is 0 Å². The van der Waals surface area contributed by atoms with Gasteiger partial charge in [-0.05, 0) is 30.9 Å². The third kappa shape index (κ3) is 3.73. The van der Waals surface area contributed by atoms with E-state index in [2.05, 4.69) is 43.8 Å². The van der Waals surface area contributed by atoms with Crippen molar-refractivity contribution in [2.75, 3.05) is 0 Å². The van der Waals surface area contributed by atoms with E-state index in [0.29, 0.717) is 0 Å². The summed E-state index contributed by atoms with van der Waals surface area (Å²) in [6, 6.07) is 4.45. The van der Waals surface area contributed by atoms with Gasteiger partial charge in [-0.2, -0.15) is 0 Å². The fourth-order valence-electron chi connectivity index (χ4n) is 2.24. The van der Waals surface area contributed by atoms with Gasteiger partial charge in [0.15, 0.2) is 0 Å². The van der Waals surface area contributed by atoms with E-state index < -0.39 is 0 Å². The van der Waals surface area contributed by atoms with Gasteiger partial charge in [-0.1, -0.05) is 39.5 Å². The summed E-state index contributed by atoms with van der Waals surface area (Å²) >= 11 is 0. The largest absolute Gasteiger partial charge is 0.354 e. The second kappa shape index (κ2) is 6.71. The van der Waals surface area contributed by atoms with E-state index >= 15 is 0 Å². The van der Waals surface area contributed by atoms with Crippen molar-refractivity contribution in [1.82, 2.24) is 4.57 Å². The average molecular weight is 207 g/mol. The van der Waals surface area contributed by atoms with Gasteiger partial charge < -0.3 is 4.57 Å². The first kappa shape index (κ1) is 12.4. The molecule has 15 heavy (non-hydrogen) atoms. The Morgan fingerprint density at radius 1 is 1.13 bits per heavy atom. The Bertz CT molecular complexity index is 254. The third-order valence-electron chi connectivity index (χ3n) is 3.21. The molecule has 1 nitrogen and oxygen atoms in total. The van der Waals surface area contributed by atoms with Crippen LogP contribution in [0, 0.1) is 0 Å². The predicted octanol–water partition coefficient (Wildman–Crippen LogP) is 4.49. The summed E-state index contributed by atoms with van der Waals surface area (Å²) in [6.07, 6.45) is 10.2. The Labute approximate surface area is 94.5 Å². The molecule has 0 aliphatic rings. The molecule has 1 aromatic heterocycles. The van der Waals surface area contributed by atoms with Crippen LogP contribution in [-0.4, -0.2) is 4.57 Å². The van der Waals surface area contributed by atoms with Crippen LogP contribution in [0.15, 0.2) is 18.3 Å². The molecule has 0 saturated carbocycles. The number of rotatable bonds is 7. The van der Waals surface area contributed by atoms with Crippen LogP contribution in [-0.2, 0) is 7.05 Å². The number of hydrogen-bond donors (Lipinski definition) is 0. The van der Waals surface area contributed by atoms with E-state index in [9.17, 15) is 0 Å². The van der Waals surface area contributed by atoms with Crippen molar-refractivity contribution < 1.29 is 0 Å². The van der Waals surface area contributed by atoms with Gasteiger partial charge in [0, 0.05) is 18.9 Å². The molecule has 0 fully saturated rings. The molecular formula is C14H25N. The van der Waals surface area contributed by atoms with Crippen LogP contribution in [0.3, 0.4) is 0 Å². The Hall–Kier alpha value is -0.720. The maximum absolute atomic E-state index is 2.29. The predicted molar refractivity (Wildman–Crippen MR) is 67.2 cm³/mol. The third-order valence-corrected chi connectivity index (χ3v) is 3.21. The highest BCUT2D eigenvalue weighted by Crippen LogP contribution is 2.27. The molecule has 1 heterocycles. The Balaban J connectivity index is 2.58. The van der Waals surface area contributed by atoms with Crippen molar-refractivity contribution in [3.05, 3.63) is 24.0 Å². The maximum Gasteiger partial charge on any atom is 0.0202 e. The van der Waals surface area contributed by atoms with Gasteiger partial charge >= 0.3 is 0 Å². The summed E-state index contributed by atoms with van der Waals surface area (Å²) in [4.78, 5) is 0. The van der Waals surface area contributed by atoms with Crippen LogP contribution in [0.5, 0.6) is 0 Å². The maximum atomic E-state index is 2.29. The average Bonchev–Trinajstić information content (AvgIpc) is 2.65. The summed E-state index contributed by atoms with van der Waals surface area (Å²) in [7, 11) is 2.17. The zero-order valence-corrected chi connectivity index (χ0v) is 10.5. The first-order valence-electron chi connectivity index (χ1n) is 6.40. The number of aryl methyl sites for hydroxylation is 1. The fourth-order valence-corrected chi connectivity index (χ4v) is 2.24. The second-order valence-corrected chi connectivity index (χ2v) is 4.53. The minimum absolute atomic E-state index is 0.782. The van der Waals surface area contributed by atoms with E-state index in [1.54, 1.807) is 0 Å². The van der Waals surface area contributed by atoms with E-state index in [1.807, 2.05) is 0 Å². The highest BCUT2D eigenvalue weighted by molar-refractivity contribution is 5.12. The smallest absolute Gasteiger partial charge is 0.0202 e. The SMILES string of the molecule is CCCCC(CCCC)c1cccn1C. The van der Waals surface area contributed by atoms with Gasteiger partial charge in [-0.25, -0.2) is 0 Å². The molecule has 0 aliphatic carbocycles. The van der Waals surface area contributed by atoms with E-state index in [-0.39, 0.29) is 0 Å². The second-order valence-electron chi connectivity index (χ2n) is 4.53. The van der Waals surface area contributed by atoms with E-state index in [0.717, 1.165) is 5.92 Å². The highest BCUT2D eigenvalue weighted by atomic mass is 14.9. The lowest BCUT2D eigenvalue weighted by Crippen LogP contribution is -2.04. The van der Waals surface area contributed by atoms with E-state index in [1.165, 1.54) is 44.2 Å². The zero-order valence-electron chi connectivity index (χ0n) is 10.5. The zero-order chi connectivity index (χ0) is 11.1. The topological polar surface area (TPSA) is 4.93 Å². The Morgan fingerprint density at radius 2 is 1.73 bits per heavy atom. The lowest BCUT2D eigenvalue weighted by Gasteiger charge is -2.17. The quantitative estimate of drug-likeness (QED) is 0.621. The summed E-state index contributed by atoms with van der Waals surface area (Å²) in [5.41, 5.74) is 1.52. The van der Waals surface area contributed by atoms with Crippen LogP contribution in [0.1, 0.15) is 64.0 Å². The summed E-state index contributed by atoms with van der Waals surface area (Å²) < 4.78 is 2.29. The van der Waals surface area contributed by atoms with E-state index in [4.69, 9.17) is 0 Å². The van der Waals surface area contributed by atoms with Crippen molar-refractivity contribution >= 4 is 0 Å². The Morgan fingerprint density at radius 3 is 2.13 bits per heavy atom. The van der Waals surface area contributed by atoms with Crippen LogP contribution in [0.25, 0.3) is 0 Å². The first-order valence-corrected chi connectivity index (χ1v) is 6.40. The van der Waals surface area contributed by atoms with Crippen molar-refractivity contribution in [2.45, 2.75) is 58.3 Å². The lowest BCUT2D eigenvalue weighted by atomic mass is 9.93. The van der Waals surface area contributed by atoms with Crippen LogP contribution < -0.4 is 0 Å². The molecule has 0 aromatic carbocycles. The normalized spacial score (nSPS) is 11.2. The van der Waals surface area contributed by atoms with Crippen molar-refractivity contribution in [2.24, 2.45) is 7.05 Å². The highest BCUT2D eigenvalue weighted by Gasteiger charge is 2.12. The van der Waals surface area contributed by atoms with Gasteiger partial charge in [0.2, 0.25) is 0 Å². The van der Waals surface area contributed by atoms with Gasteiger partial charge in [0.25, 0.3) is 0 Å². The standard InChI is InChI=1S/C14H25N/c1-4-6-9-13(10-7-5-2)14-11-8-12-15(14)3/h8,11-13H,4-7,9-10H2,1-3H3. The summed E-state index contributed by atoms with van der Waals surface area (Å²) in [6.45, 7) is 4.56. The molecule has 0 saturated heterocycles. The monoisotopic (exact) mass is 207 g/mol. The molecule has 0 aliphatic heterocycles. The molecule has 0 bridgehead atoms. The lowest BCUT2D eigenvalue weighted by molar-refractivity contribution is 0.503. The van der Waals surface area contributed by atoms with Crippen LogP contribution >= 0.6 is 0 Å². The molecule has 0 unspecified atom stereocenters. The molecule has 1 aromatic rings. The summed E-state index contributed by atoms with van der Waals surface area (Å²) in [5, 5.41) is 0. The number of unbranched alkanes of at least 4 members (excludes halogenated alkanes) is 2. The van der Waals surface area contributed by atoms with Crippen molar-refractivity contribution in [1.29, 1.82) is 0 Å². The molecule has 0 radical (unpaired) electrons. The Kier molecular flexibility index (Phi) is 5.52. The molecule has 1 heteroatoms. The fraction of sp³-hybridized carbons (Fsp3) is 0.714. The van der Waals surface area contributed by atoms with Gasteiger partial charge in [-0.15, -0.1) is 0 Å². The minimum Gasteiger partial charge on any atom is -0.354 e. The molecule has 0 amide bonds. The molecular weight excluding hydrogens is 182 g/mol. The number of nitrogens with zero attached hydrogens (tertiary/aromatic N) is 1. The van der Waals surface area contributed by atoms with Gasteiger partial charge in [-0.3, -0.25) is 0 Å². The number of hydrogen-bond acceptors (Lipinski definition) is 0. The van der Waals surface area contributed by atoms with Crippen LogP contribution in [0.2, 0.25) is 0 Å².